The van der Waals surface area contributed by atoms with E-state index in [0.717, 1.165) is 11.1 Å². The second-order valence-electron chi connectivity index (χ2n) is 6.03. The summed E-state index contributed by atoms with van der Waals surface area (Å²) in [5.41, 5.74) is 1.72. The lowest BCUT2D eigenvalue weighted by Crippen LogP contribution is -2.35. The van der Waals surface area contributed by atoms with Gasteiger partial charge in [-0.15, -0.1) is 0 Å². The van der Waals surface area contributed by atoms with Crippen molar-refractivity contribution < 1.29 is 19.2 Å². The van der Waals surface area contributed by atoms with E-state index in [1.54, 1.807) is 0 Å². The normalized spacial score (nSPS) is 11.5. The highest BCUT2D eigenvalue weighted by atomic mass is 16.7. The number of para-hydroxylation sites is 1. The van der Waals surface area contributed by atoms with Crippen molar-refractivity contribution in [3.63, 3.8) is 0 Å². The number of nitrogens with one attached hydrogen (secondary N) is 1. The number of carbonyl (C=O) groups excluding carboxylic acids is 2. The van der Waals surface area contributed by atoms with Crippen LogP contribution >= 0.6 is 0 Å². The number of hydrogen-bond acceptors (Lipinski definition) is 4. The van der Waals surface area contributed by atoms with E-state index in [1.807, 2.05) is 61.5 Å². The van der Waals surface area contributed by atoms with E-state index in [1.165, 1.54) is 19.1 Å². The van der Waals surface area contributed by atoms with E-state index in [0.29, 0.717) is 18.9 Å². The van der Waals surface area contributed by atoms with Crippen molar-refractivity contribution in [3.8, 4) is 5.75 Å². The van der Waals surface area contributed by atoms with Gasteiger partial charge in [0, 0.05) is 12.5 Å². The Bertz CT molecular complexity index is 749. The van der Waals surface area contributed by atoms with E-state index < -0.39 is 6.04 Å². The third-order valence-corrected chi connectivity index (χ3v) is 4.02. The Morgan fingerprint density at radius 1 is 1.07 bits per heavy atom. The van der Waals surface area contributed by atoms with Crippen molar-refractivity contribution >= 4 is 11.8 Å². The van der Waals surface area contributed by atoms with Gasteiger partial charge in [-0.3, -0.25) is 14.4 Å². The largest absolute Gasteiger partial charge is 0.494 e. The Balaban J connectivity index is 2.19. The Morgan fingerprint density at radius 3 is 2.37 bits per heavy atom. The molecule has 0 spiro atoms. The predicted octanol–water partition coefficient (Wildman–Crippen LogP) is 3.24. The molecule has 0 radical (unpaired) electrons. The summed E-state index contributed by atoms with van der Waals surface area (Å²) in [7, 11) is 1.46. The summed E-state index contributed by atoms with van der Waals surface area (Å²) in [6.07, 6.45) is 0.0599. The summed E-state index contributed by atoms with van der Waals surface area (Å²) >= 11 is 0. The van der Waals surface area contributed by atoms with Crippen LogP contribution in [0.15, 0.2) is 54.6 Å². The van der Waals surface area contributed by atoms with Gasteiger partial charge in [0.1, 0.15) is 5.75 Å². The van der Waals surface area contributed by atoms with Crippen LogP contribution in [0.4, 0.5) is 0 Å². The summed E-state index contributed by atoms with van der Waals surface area (Å²) in [4.78, 5) is 29.8. The van der Waals surface area contributed by atoms with Gasteiger partial charge in [0.25, 0.3) is 0 Å². The number of nitrogens with zero attached hydrogens (tertiary/aromatic N) is 1. The van der Waals surface area contributed by atoms with Crippen LogP contribution in [-0.4, -0.2) is 30.6 Å². The zero-order chi connectivity index (χ0) is 19.6. The quantitative estimate of drug-likeness (QED) is 0.688. The van der Waals surface area contributed by atoms with Crippen LogP contribution in [0.3, 0.4) is 0 Å². The summed E-state index contributed by atoms with van der Waals surface area (Å²) in [6.45, 7) is 4.15. The highest BCUT2D eigenvalue weighted by molar-refractivity contribution is 5.78. The van der Waals surface area contributed by atoms with Crippen LogP contribution in [-0.2, 0) is 21.0 Å². The molecular weight excluding hydrogens is 344 g/mol. The molecule has 1 N–H and O–H groups in total. The molecule has 2 aromatic rings. The summed E-state index contributed by atoms with van der Waals surface area (Å²) in [5, 5.41) is 4.15. The standard InChI is InChI=1S/C21H26N2O4/c1-4-27-20-13-9-8-12-18(20)19(22-16(2)24)14-21(25)23(26-3)15-17-10-6-5-7-11-17/h5-13,19H,4,14-15H2,1-3H3,(H,22,24). The van der Waals surface area contributed by atoms with Gasteiger partial charge in [0.05, 0.1) is 32.7 Å². The first kappa shape index (κ1) is 20.5. The van der Waals surface area contributed by atoms with Crippen molar-refractivity contribution in [2.75, 3.05) is 13.7 Å². The summed E-state index contributed by atoms with van der Waals surface area (Å²) < 4.78 is 5.66. The van der Waals surface area contributed by atoms with Gasteiger partial charge in [-0.2, -0.15) is 0 Å². The van der Waals surface area contributed by atoms with Gasteiger partial charge in [-0.25, -0.2) is 5.06 Å². The van der Waals surface area contributed by atoms with Crippen molar-refractivity contribution in [2.24, 2.45) is 0 Å². The molecule has 0 aliphatic rings. The van der Waals surface area contributed by atoms with Gasteiger partial charge in [-0.05, 0) is 18.6 Å². The molecule has 0 fully saturated rings. The first-order chi connectivity index (χ1) is 13.0. The number of hydrogen-bond donors (Lipinski definition) is 1. The molecule has 6 nitrogen and oxygen atoms in total. The zero-order valence-electron chi connectivity index (χ0n) is 16.0. The zero-order valence-corrected chi connectivity index (χ0v) is 16.0. The van der Waals surface area contributed by atoms with Gasteiger partial charge in [0.2, 0.25) is 11.8 Å². The third kappa shape index (κ3) is 6.11. The Hall–Kier alpha value is -2.86. The number of hydroxylamine groups is 2. The molecule has 2 amide bonds. The minimum absolute atomic E-state index is 0.0599. The fourth-order valence-electron chi connectivity index (χ4n) is 2.82. The van der Waals surface area contributed by atoms with Gasteiger partial charge in [0.15, 0.2) is 0 Å². The molecule has 2 rings (SSSR count). The van der Waals surface area contributed by atoms with Crippen LogP contribution in [0.2, 0.25) is 0 Å². The van der Waals surface area contributed by atoms with Crippen molar-refractivity contribution in [3.05, 3.63) is 65.7 Å². The van der Waals surface area contributed by atoms with Crippen LogP contribution in [0.25, 0.3) is 0 Å². The molecule has 0 saturated carbocycles. The van der Waals surface area contributed by atoms with Gasteiger partial charge in [-0.1, -0.05) is 48.5 Å². The molecule has 2 aromatic carbocycles. The highest BCUT2D eigenvalue weighted by Crippen LogP contribution is 2.28. The Morgan fingerprint density at radius 2 is 1.74 bits per heavy atom. The Kier molecular flexibility index (Phi) is 7.82. The lowest BCUT2D eigenvalue weighted by atomic mass is 10.0. The number of amides is 2. The molecule has 0 aromatic heterocycles. The molecule has 0 saturated heterocycles. The van der Waals surface area contributed by atoms with E-state index in [9.17, 15) is 9.59 Å². The minimum Gasteiger partial charge on any atom is -0.494 e. The van der Waals surface area contributed by atoms with E-state index in [2.05, 4.69) is 5.32 Å². The topological polar surface area (TPSA) is 67.9 Å². The lowest BCUT2D eigenvalue weighted by molar-refractivity contribution is -0.179. The van der Waals surface area contributed by atoms with Crippen LogP contribution in [0.1, 0.15) is 37.4 Å². The third-order valence-electron chi connectivity index (χ3n) is 4.02. The second kappa shape index (κ2) is 10.3. The molecular formula is C21H26N2O4. The highest BCUT2D eigenvalue weighted by Gasteiger charge is 2.24. The van der Waals surface area contributed by atoms with E-state index in [4.69, 9.17) is 9.57 Å². The van der Waals surface area contributed by atoms with Crippen molar-refractivity contribution in [1.82, 2.24) is 10.4 Å². The maximum atomic E-state index is 12.8. The maximum absolute atomic E-state index is 12.8. The molecule has 0 aliphatic heterocycles. The fraction of sp³-hybridized carbons (Fsp3) is 0.333. The lowest BCUT2D eigenvalue weighted by Gasteiger charge is -2.25. The molecule has 0 bridgehead atoms. The minimum atomic E-state index is -0.508. The molecule has 0 heterocycles. The first-order valence-electron chi connectivity index (χ1n) is 8.92. The summed E-state index contributed by atoms with van der Waals surface area (Å²) in [6, 6.07) is 16.5. The molecule has 144 valence electrons. The summed E-state index contributed by atoms with van der Waals surface area (Å²) in [5.74, 6) is 0.205. The van der Waals surface area contributed by atoms with E-state index in [-0.39, 0.29) is 18.2 Å². The van der Waals surface area contributed by atoms with Crippen molar-refractivity contribution in [1.29, 1.82) is 0 Å². The average Bonchev–Trinajstić information content (AvgIpc) is 2.66. The molecule has 6 heteroatoms. The SMILES string of the molecule is CCOc1ccccc1C(CC(=O)N(Cc1ccccc1)OC)NC(C)=O. The van der Waals surface area contributed by atoms with Crippen molar-refractivity contribution in [2.45, 2.75) is 32.9 Å². The smallest absolute Gasteiger partial charge is 0.248 e. The molecule has 1 atom stereocenters. The molecule has 27 heavy (non-hydrogen) atoms. The molecule has 1 unspecified atom stereocenters. The van der Waals surface area contributed by atoms with Crippen LogP contribution in [0.5, 0.6) is 5.75 Å². The fourth-order valence-corrected chi connectivity index (χ4v) is 2.82. The second-order valence-corrected chi connectivity index (χ2v) is 6.03. The number of benzene rings is 2. The number of rotatable bonds is 9. The van der Waals surface area contributed by atoms with Gasteiger partial charge < -0.3 is 10.1 Å². The number of ether oxygens (including phenoxy) is 1. The monoisotopic (exact) mass is 370 g/mol. The molecule has 0 aliphatic carbocycles. The van der Waals surface area contributed by atoms with Crippen LogP contribution in [0, 0.1) is 0 Å². The average molecular weight is 370 g/mol. The predicted molar refractivity (Wildman–Crippen MR) is 103 cm³/mol. The Labute approximate surface area is 160 Å². The van der Waals surface area contributed by atoms with Gasteiger partial charge >= 0.3 is 0 Å². The van der Waals surface area contributed by atoms with E-state index >= 15 is 0 Å². The number of carbonyl (C=O) groups is 2. The van der Waals surface area contributed by atoms with Crippen LogP contribution < -0.4 is 10.1 Å². The first-order valence-corrected chi connectivity index (χ1v) is 8.92. The maximum Gasteiger partial charge on any atom is 0.248 e.